The van der Waals surface area contributed by atoms with Gasteiger partial charge in [-0.25, -0.2) is 0 Å². The van der Waals surface area contributed by atoms with E-state index in [0.717, 1.165) is 6.54 Å². The van der Waals surface area contributed by atoms with Crippen LogP contribution in [-0.4, -0.2) is 36.2 Å². The monoisotopic (exact) mass is 244 g/mol. The molecule has 0 radical (unpaired) electrons. The lowest BCUT2D eigenvalue weighted by Gasteiger charge is -2.27. The summed E-state index contributed by atoms with van der Waals surface area (Å²) in [6.07, 6.45) is 0.459. The third-order valence-electron chi connectivity index (χ3n) is 2.96. The molecule has 0 aromatic heterocycles. The first-order valence-corrected chi connectivity index (χ1v) is 6.45. The summed E-state index contributed by atoms with van der Waals surface area (Å²) in [5.41, 5.74) is -0.714. The maximum atomic E-state index is 11.4. The van der Waals surface area contributed by atoms with Crippen molar-refractivity contribution in [3.05, 3.63) is 0 Å². The Hall–Kier alpha value is -0.610. The number of carbonyl (C=O) groups excluding carboxylic acids is 1. The molecule has 17 heavy (non-hydrogen) atoms. The highest BCUT2D eigenvalue weighted by molar-refractivity contribution is 5.76. The highest BCUT2D eigenvalue weighted by Crippen LogP contribution is 2.14. The number of hydrogen-bond acceptors (Lipinski definition) is 3. The van der Waals surface area contributed by atoms with Crippen LogP contribution in [0, 0.1) is 11.8 Å². The van der Waals surface area contributed by atoms with Crippen LogP contribution in [0.1, 0.15) is 41.0 Å². The van der Waals surface area contributed by atoms with Gasteiger partial charge in [0.05, 0.1) is 5.60 Å². The molecule has 0 bridgehead atoms. The molecule has 4 nitrogen and oxygen atoms in total. The first-order chi connectivity index (χ1) is 7.75. The van der Waals surface area contributed by atoms with Crippen molar-refractivity contribution in [3.63, 3.8) is 0 Å². The largest absolute Gasteiger partial charge is 0.389 e. The van der Waals surface area contributed by atoms with Crippen LogP contribution in [0.25, 0.3) is 0 Å². The third kappa shape index (κ3) is 8.16. The second kappa shape index (κ2) is 7.67. The van der Waals surface area contributed by atoms with Crippen molar-refractivity contribution >= 4 is 5.91 Å². The number of nitrogens with one attached hydrogen (secondary N) is 2. The molecule has 102 valence electrons. The van der Waals surface area contributed by atoms with Crippen molar-refractivity contribution in [3.8, 4) is 0 Å². The Morgan fingerprint density at radius 3 is 2.35 bits per heavy atom. The summed E-state index contributed by atoms with van der Waals surface area (Å²) in [6, 6.07) is 0. The average Bonchev–Trinajstić information content (AvgIpc) is 2.21. The van der Waals surface area contributed by atoms with Crippen LogP contribution in [0.15, 0.2) is 0 Å². The first-order valence-electron chi connectivity index (χ1n) is 6.45. The van der Waals surface area contributed by atoms with Crippen LogP contribution in [0.3, 0.4) is 0 Å². The minimum Gasteiger partial charge on any atom is -0.389 e. The van der Waals surface area contributed by atoms with Crippen LogP contribution < -0.4 is 10.6 Å². The minimum atomic E-state index is -0.714. The Labute approximate surface area is 105 Å². The lowest BCUT2D eigenvalue weighted by Crippen LogP contribution is -2.43. The van der Waals surface area contributed by atoms with E-state index in [2.05, 4.69) is 24.5 Å². The first kappa shape index (κ1) is 16.4. The Kier molecular flexibility index (Phi) is 7.39. The van der Waals surface area contributed by atoms with E-state index < -0.39 is 5.60 Å². The molecule has 1 unspecified atom stereocenters. The molecule has 3 N–H and O–H groups in total. The lowest BCUT2D eigenvalue weighted by atomic mass is 9.92. The van der Waals surface area contributed by atoms with Gasteiger partial charge in [-0.3, -0.25) is 4.79 Å². The summed E-state index contributed by atoms with van der Waals surface area (Å²) in [5.74, 6) is 0.744. The van der Waals surface area contributed by atoms with Crippen molar-refractivity contribution in [2.45, 2.75) is 46.6 Å². The molecule has 1 amide bonds. The van der Waals surface area contributed by atoms with Gasteiger partial charge in [-0.2, -0.15) is 0 Å². The summed E-state index contributed by atoms with van der Waals surface area (Å²) < 4.78 is 0. The molecule has 0 aromatic rings. The van der Waals surface area contributed by atoms with Crippen LogP contribution in [0.4, 0.5) is 0 Å². The molecule has 0 aromatic carbocycles. The molecule has 1 atom stereocenters. The normalized spacial score (nSPS) is 15.1. The van der Waals surface area contributed by atoms with E-state index >= 15 is 0 Å². The fraction of sp³-hybridized carbons (Fsp3) is 0.923. The Morgan fingerprint density at radius 2 is 1.88 bits per heavy atom. The molecule has 0 fully saturated rings. The minimum absolute atomic E-state index is 0.0652. The topological polar surface area (TPSA) is 61.4 Å². The van der Waals surface area contributed by atoms with Crippen molar-refractivity contribution in [1.29, 1.82) is 0 Å². The number of aliphatic hydroxyl groups is 1. The zero-order valence-corrected chi connectivity index (χ0v) is 11.8. The van der Waals surface area contributed by atoms with Crippen molar-refractivity contribution in [1.82, 2.24) is 10.6 Å². The quantitative estimate of drug-likeness (QED) is 0.561. The average molecular weight is 244 g/mol. The van der Waals surface area contributed by atoms with Crippen molar-refractivity contribution < 1.29 is 9.90 Å². The molecule has 0 rings (SSSR count). The number of hydrogen-bond donors (Lipinski definition) is 3. The molecule has 0 saturated carbocycles. The van der Waals surface area contributed by atoms with E-state index in [-0.39, 0.29) is 11.8 Å². The highest BCUT2D eigenvalue weighted by atomic mass is 16.3. The molecule has 0 heterocycles. The summed E-state index contributed by atoms with van der Waals surface area (Å²) in [7, 11) is 0. The fourth-order valence-electron chi connectivity index (χ4n) is 1.15. The summed E-state index contributed by atoms with van der Waals surface area (Å²) in [5, 5.41) is 15.9. The second-order valence-electron chi connectivity index (χ2n) is 5.64. The van der Waals surface area contributed by atoms with E-state index in [4.69, 9.17) is 0 Å². The number of amides is 1. The molecule has 0 saturated heterocycles. The Balaban J connectivity index is 3.61. The van der Waals surface area contributed by atoms with E-state index in [1.807, 2.05) is 20.8 Å². The van der Waals surface area contributed by atoms with E-state index in [0.29, 0.717) is 25.4 Å². The predicted molar refractivity (Wildman–Crippen MR) is 70.8 cm³/mol. The van der Waals surface area contributed by atoms with Gasteiger partial charge in [-0.15, -0.1) is 0 Å². The van der Waals surface area contributed by atoms with E-state index in [9.17, 15) is 9.90 Å². The summed E-state index contributed by atoms with van der Waals surface area (Å²) >= 11 is 0. The fourth-order valence-corrected chi connectivity index (χ4v) is 1.15. The highest BCUT2D eigenvalue weighted by Gasteiger charge is 2.23. The number of rotatable bonds is 8. The van der Waals surface area contributed by atoms with Crippen molar-refractivity contribution in [2.24, 2.45) is 11.8 Å². The van der Waals surface area contributed by atoms with Gasteiger partial charge in [0, 0.05) is 26.1 Å². The SMILES string of the molecule is CC(C)CNC(=O)CCNCC(C)(O)C(C)C. The van der Waals surface area contributed by atoms with Crippen LogP contribution in [-0.2, 0) is 4.79 Å². The smallest absolute Gasteiger partial charge is 0.221 e. The molecule has 0 aliphatic heterocycles. The Bertz CT molecular complexity index is 225. The molecular formula is C13H28N2O2. The van der Waals surface area contributed by atoms with Gasteiger partial charge in [0.25, 0.3) is 0 Å². The van der Waals surface area contributed by atoms with Crippen LogP contribution in [0.2, 0.25) is 0 Å². The van der Waals surface area contributed by atoms with Gasteiger partial charge >= 0.3 is 0 Å². The standard InChI is InChI=1S/C13H28N2O2/c1-10(2)8-15-12(16)6-7-14-9-13(5,17)11(3)4/h10-11,14,17H,6-9H2,1-5H3,(H,15,16). The van der Waals surface area contributed by atoms with Gasteiger partial charge in [0.2, 0.25) is 5.91 Å². The predicted octanol–water partition coefficient (Wildman–Crippen LogP) is 1.15. The summed E-state index contributed by atoms with van der Waals surface area (Å²) in [4.78, 5) is 11.4. The summed E-state index contributed by atoms with van der Waals surface area (Å²) in [6.45, 7) is 11.8. The third-order valence-corrected chi connectivity index (χ3v) is 2.96. The zero-order valence-electron chi connectivity index (χ0n) is 11.8. The Morgan fingerprint density at radius 1 is 1.29 bits per heavy atom. The van der Waals surface area contributed by atoms with Gasteiger partial charge in [-0.1, -0.05) is 27.7 Å². The van der Waals surface area contributed by atoms with Crippen LogP contribution in [0.5, 0.6) is 0 Å². The molecule has 0 spiro atoms. The molecule has 0 aliphatic carbocycles. The molecule has 4 heteroatoms. The lowest BCUT2D eigenvalue weighted by molar-refractivity contribution is -0.121. The second-order valence-corrected chi connectivity index (χ2v) is 5.64. The van der Waals surface area contributed by atoms with Gasteiger partial charge < -0.3 is 15.7 Å². The zero-order chi connectivity index (χ0) is 13.5. The molecule has 0 aliphatic rings. The van der Waals surface area contributed by atoms with E-state index in [1.54, 1.807) is 0 Å². The maximum Gasteiger partial charge on any atom is 0.221 e. The van der Waals surface area contributed by atoms with E-state index in [1.165, 1.54) is 0 Å². The van der Waals surface area contributed by atoms with Gasteiger partial charge in [0.15, 0.2) is 0 Å². The number of carbonyl (C=O) groups is 1. The van der Waals surface area contributed by atoms with Crippen molar-refractivity contribution in [2.75, 3.05) is 19.6 Å². The maximum absolute atomic E-state index is 11.4. The van der Waals surface area contributed by atoms with Crippen LogP contribution >= 0.6 is 0 Å². The van der Waals surface area contributed by atoms with Gasteiger partial charge in [-0.05, 0) is 18.8 Å². The molecular weight excluding hydrogens is 216 g/mol. The van der Waals surface area contributed by atoms with Gasteiger partial charge in [0.1, 0.15) is 0 Å².